The van der Waals surface area contributed by atoms with Crippen LogP contribution in [0.3, 0.4) is 0 Å². The molecule has 1 unspecified atom stereocenters. The number of alkyl halides is 1. The van der Waals surface area contributed by atoms with Crippen molar-refractivity contribution in [3.63, 3.8) is 0 Å². The SMILES string of the molecule is Cc1cc(C(Br)C=O)c(C)o1. The number of carbonyl (C=O) groups is 1. The minimum absolute atomic E-state index is 0.236. The second-order valence-electron chi connectivity index (χ2n) is 2.41. The van der Waals surface area contributed by atoms with Gasteiger partial charge in [0.1, 0.15) is 17.8 Å². The Bertz CT molecular complexity index is 265. The van der Waals surface area contributed by atoms with Crippen molar-refractivity contribution in [3.8, 4) is 0 Å². The van der Waals surface area contributed by atoms with Gasteiger partial charge in [0.2, 0.25) is 0 Å². The maximum atomic E-state index is 10.4. The number of halogens is 1. The van der Waals surface area contributed by atoms with Crippen LogP contribution in [0.1, 0.15) is 21.9 Å². The molecule has 0 fully saturated rings. The molecule has 0 aliphatic heterocycles. The first-order chi connectivity index (χ1) is 5.15. The topological polar surface area (TPSA) is 30.2 Å². The largest absolute Gasteiger partial charge is 0.466 e. The average Bonchev–Trinajstić information content (AvgIpc) is 2.28. The molecule has 0 bridgehead atoms. The van der Waals surface area contributed by atoms with Crippen molar-refractivity contribution in [1.29, 1.82) is 0 Å². The van der Waals surface area contributed by atoms with E-state index in [4.69, 9.17) is 4.42 Å². The summed E-state index contributed by atoms with van der Waals surface area (Å²) in [7, 11) is 0. The highest BCUT2D eigenvalue weighted by molar-refractivity contribution is 9.09. The Labute approximate surface area is 73.7 Å². The molecule has 0 saturated heterocycles. The van der Waals surface area contributed by atoms with Gasteiger partial charge in [0.05, 0.1) is 4.83 Å². The van der Waals surface area contributed by atoms with Gasteiger partial charge in [-0.3, -0.25) is 0 Å². The minimum atomic E-state index is -0.236. The molecular formula is C8H9BrO2. The second-order valence-corrected chi connectivity index (χ2v) is 3.39. The van der Waals surface area contributed by atoms with E-state index in [1.807, 2.05) is 19.9 Å². The summed E-state index contributed by atoms with van der Waals surface area (Å²) < 4.78 is 5.25. The Morgan fingerprint density at radius 1 is 1.64 bits per heavy atom. The predicted octanol–water partition coefficient (Wildman–Crippen LogP) is 2.53. The molecule has 0 saturated carbocycles. The quantitative estimate of drug-likeness (QED) is 0.562. The lowest BCUT2D eigenvalue weighted by Crippen LogP contribution is -1.89. The first-order valence-electron chi connectivity index (χ1n) is 3.31. The molecule has 3 heteroatoms. The van der Waals surface area contributed by atoms with Crippen LogP contribution in [0.5, 0.6) is 0 Å². The fourth-order valence-electron chi connectivity index (χ4n) is 0.998. The van der Waals surface area contributed by atoms with Gasteiger partial charge in [-0.2, -0.15) is 0 Å². The van der Waals surface area contributed by atoms with Crippen molar-refractivity contribution in [2.24, 2.45) is 0 Å². The van der Waals surface area contributed by atoms with Gasteiger partial charge in [-0.05, 0) is 19.9 Å². The highest BCUT2D eigenvalue weighted by Crippen LogP contribution is 2.26. The van der Waals surface area contributed by atoms with Crippen molar-refractivity contribution in [1.82, 2.24) is 0 Å². The van der Waals surface area contributed by atoms with Crippen LogP contribution in [0.15, 0.2) is 10.5 Å². The molecule has 1 rings (SSSR count). The molecule has 0 aromatic carbocycles. The predicted molar refractivity (Wildman–Crippen MR) is 45.9 cm³/mol. The Balaban J connectivity index is 3.02. The van der Waals surface area contributed by atoms with Crippen LogP contribution in [0.4, 0.5) is 0 Å². The van der Waals surface area contributed by atoms with Gasteiger partial charge in [-0.1, -0.05) is 15.9 Å². The van der Waals surface area contributed by atoms with Crippen molar-refractivity contribution in [2.45, 2.75) is 18.7 Å². The van der Waals surface area contributed by atoms with Crippen LogP contribution in [-0.4, -0.2) is 6.29 Å². The standard InChI is InChI=1S/C8H9BrO2/c1-5-3-7(6(2)11-5)8(9)4-10/h3-4,8H,1-2H3. The van der Waals surface area contributed by atoms with E-state index in [1.54, 1.807) is 0 Å². The van der Waals surface area contributed by atoms with Crippen molar-refractivity contribution < 1.29 is 9.21 Å². The number of aryl methyl sites for hydroxylation is 2. The maximum Gasteiger partial charge on any atom is 0.138 e. The molecule has 1 atom stereocenters. The van der Waals surface area contributed by atoms with Crippen LogP contribution in [-0.2, 0) is 4.79 Å². The van der Waals surface area contributed by atoms with Gasteiger partial charge in [-0.25, -0.2) is 0 Å². The lowest BCUT2D eigenvalue weighted by atomic mass is 10.2. The number of carbonyl (C=O) groups excluding carboxylic acids is 1. The Hall–Kier alpha value is -0.570. The number of rotatable bonds is 2. The molecule has 11 heavy (non-hydrogen) atoms. The van der Waals surface area contributed by atoms with Gasteiger partial charge >= 0.3 is 0 Å². The molecule has 0 radical (unpaired) electrons. The summed E-state index contributed by atoms with van der Waals surface area (Å²) in [6.07, 6.45) is 0.845. The molecular weight excluding hydrogens is 208 g/mol. The van der Waals surface area contributed by atoms with E-state index in [-0.39, 0.29) is 4.83 Å². The summed E-state index contributed by atoms with van der Waals surface area (Å²) in [4.78, 5) is 10.1. The van der Waals surface area contributed by atoms with Crippen LogP contribution < -0.4 is 0 Å². The summed E-state index contributed by atoms with van der Waals surface area (Å²) in [5.74, 6) is 1.64. The molecule has 60 valence electrons. The molecule has 0 N–H and O–H groups in total. The lowest BCUT2D eigenvalue weighted by Gasteiger charge is -1.96. The summed E-state index contributed by atoms with van der Waals surface area (Å²) in [5, 5.41) is 0. The zero-order valence-electron chi connectivity index (χ0n) is 6.43. The highest BCUT2D eigenvalue weighted by Gasteiger charge is 2.12. The fourth-order valence-corrected chi connectivity index (χ4v) is 1.45. The van der Waals surface area contributed by atoms with Crippen LogP contribution >= 0.6 is 15.9 Å². The molecule has 0 spiro atoms. The average molecular weight is 217 g/mol. The Morgan fingerprint density at radius 2 is 2.27 bits per heavy atom. The summed E-state index contributed by atoms with van der Waals surface area (Å²) in [6.45, 7) is 3.71. The first kappa shape index (κ1) is 8.53. The molecule has 2 nitrogen and oxygen atoms in total. The van der Waals surface area contributed by atoms with Gasteiger partial charge in [-0.15, -0.1) is 0 Å². The second kappa shape index (κ2) is 3.22. The number of hydrogen-bond acceptors (Lipinski definition) is 2. The van der Waals surface area contributed by atoms with E-state index >= 15 is 0 Å². The lowest BCUT2D eigenvalue weighted by molar-refractivity contribution is -0.107. The Kier molecular flexibility index (Phi) is 2.49. The van der Waals surface area contributed by atoms with Crippen molar-refractivity contribution in [3.05, 3.63) is 23.2 Å². The minimum Gasteiger partial charge on any atom is -0.466 e. The van der Waals surface area contributed by atoms with E-state index in [2.05, 4.69) is 15.9 Å². The van der Waals surface area contributed by atoms with E-state index in [0.29, 0.717) is 0 Å². The third-order valence-corrected chi connectivity index (χ3v) is 2.21. The van der Waals surface area contributed by atoms with Crippen LogP contribution in [0.2, 0.25) is 0 Å². The highest BCUT2D eigenvalue weighted by atomic mass is 79.9. The molecule has 0 aliphatic carbocycles. The summed E-state index contributed by atoms with van der Waals surface area (Å²) >= 11 is 3.22. The van der Waals surface area contributed by atoms with Gasteiger partial charge in [0, 0.05) is 5.56 Å². The first-order valence-corrected chi connectivity index (χ1v) is 4.23. The smallest absolute Gasteiger partial charge is 0.138 e. The molecule has 1 heterocycles. The number of furan rings is 1. The van der Waals surface area contributed by atoms with Gasteiger partial charge < -0.3 is 9.21 Å². The number of hydrogen-bond donors (Lipinski definition) is 0. The van der Waals surface area contributed by atoms with Gasteiger partial charge in [0.15, 0.2) is 0 Å². The van der Waals surface area contributed by atoms with Crippen LogP contribution in [0, 0.1) is 13.8 Å². The van der Waals surface area contributed by atoms with E-state index in [1.165, 1.54) is 0 Å². The normalized spacial score (nSPS) is 13.0. The molecule has 1 aromatic heterocycles. The third-order valence-electron chi connectivity index (χ3n) is 1.50. The van der Waals surface area contributed by atoms with Gasteiger partial charge in [0.25, 0.3) is 0 Å². The van der Waals surface area contributed by atoms with Crippen molar-refractivity contribution >= 4 is 22.2 Å². The molecule has 1 aromatic rings. The van der Waals surface area contributed by atoms with Crippen molar-refractivity contribution in [2.75, 3.05) is 0 Å². The fraction of sp³-hybridized carbons (Fsp3) is 0.375. The third kappa shape index (κ3) is 1.71. The summed E-state index contributed by atoms with van der Waals surface area (Å²) in [5.41, 5.74) is 0.914. The zero-order chi connectivity index (χ0) is 8.43. The summed E-state index contributed by atoms with van der Waals surface area (Å²) in [6, 6.07) is 1.86. The van der Waals surface area contributed by atoms with Crippen LogP contribution in [0.25, 0.3) is 0 Å². The maximum absolute atomic E-state index is 10.4. The molecule has 0 amide bonds. The molecule has 0 aliphatic rings. The monoisotopic (exact) mass is 216 g/mol. The van der Waals surface area contributed by atoms with E-state index in [9.17, 15) is 4.79 Å². The Morgan fingerprint density at radius 3 is 2.64 bits per heavy atom. The zero-order valence-corrected chi connectivity index (χ0v) is 8.01. The van der Waals surface area contributed by atoms with E-state index in [0.717, 1.165) is 23.4 Å². The number of aldehydes is 1. The van der Waals surface area contributed by atoms with E-state index < -0.39 is 0 Å².